The number of carboxylic acid groups (broad SMARTS) is 1. The molecule has 0 radical (unpaired) electrons. The molecule has 162 valence electrons. The Morgan fingerprint density at radius 1 is 1.13 bits per heavy atom. The Morgan fingerprint density at radius 3 is 2.55 bits per heavy atom. The number of nitrogens with zero attached hydrogens (tertiary/aromatic N) is 5. The van der Waals surface area contributed by atoms with Crippen molar-refractivity contribution in [3.63, 3.8) is 0 Å². The molecular formula is C22H24ClN5O3. The van der Waals surface area contributed by atoms with E-state index in [1.165, 1.54) is 4.90 Å². The van der Waals surface area contributed by atoms with E-state index in [1.54, 1.807) is 0 Å². The van der Waals surface area contributed by atoms with Crippen LogP contribution in [0.1, 0.15) is 72.1 Å². The summed E-state index contributed by atoms with van der Waals surface area (Å²) in [6.07, 6.45) is 2.87. The minimum atomic E-state index is -0.985. The third-order valence-electron chi connectivity index (χ3n) is 6.49. The zero-order chi connectivity index (χ0) is 21.7. The van der Waals surface area contributed by atoms with Crippen molar-refractivity contribution in [3.05, 3.63) is 57.8 Å². The van der Waals surface area contributed by atoms with Crippen LogP contribution in [0.3, 0.4) is 0 Å². The van der Waals surface area contributed by atoms with Crippen LogP contribution in [0.25, 0.3) is 5.69 Å². The van der Waals surface area contributed by atoms with E-state index in [-0.39, 0.29) is 19.0 Å². The van der Waals surface area contributed by atoms with E-state index in [1.807, 2.05) is 36.6 Å². The van der Waals surface area contributed by atoms with Crippen LogP contribution in [-0.2, 0) is 13.1 Å². The lowest BCUT2D eigenvalue weighted by atomic mass is 9.81. The van der Waals surface area contributed by atoms with Crippen molar-refractivity contribution in [3.8, 4) is 5.69 Å². The van der Waals surface area contributed by atoms with Crippen molar-refractivity contribution in [2.75, 3.05) is 0 Å². The van der Waals surface area contributed by atoms with Gasteiger partial charge < -0.3 is 9.52 Å². The molecule has 1 amide bonds. The molecule has 3 heterocycles. The van der Waals surface area contributed by atoms with E-state index < -0.39 is 6.09 Å². The van der Waals surface area contributed by atoms with Crippen molar-refractivity contribution in [2.45, 2.75) is 64.5 Å². The highest BCUT2D eigenvalue weighted by atomic mass is 35.5. The first-order valence-electron chi connectivity index (χ1n) is 10.6. The Morgan fingerprint density at radius 2 is 1.87 bits per heavy atom. The van der Waals surface area contributed by atoms with Gasteiger partial charge in [0, 0.05) is 16.9 Å². The molecule has 1 aliphatic heterocycles. The molecule has 8 nitrogen and oxygen atoms in total. The maximum absolute atomic E-state index is 11.7. The van der Waals surface area contributed by atoms with Crippen LogP contribution in [-0.4, -0.2) is 35.8 Å². The second kappa shape index (κ2) is 7.67. The summed E-state index contributed by atoms with van der Waals surface area (Å²) in [5.74, 6) is 3.82. The van der Waals surface area contributed by atoms with Crippen LogP contribution in [0.15, 0.2) is 22.6 Å². The van der Waals surface area contributed by atoms with Gasteiger partial charge in [-0.05, 0) is 63.3 Å². The van der Waals surface area contributed by atoms with E-state index in [4.69, 9.17) is 16.0 Å². The van der Waals surface area contributed by atoms with Crippen LogP contribution >= 0.6 is 11.6 Å². The molecule has 0 spiro atoms. The number of aryl methyl sites for hydroxylation is 2. The zero-order valence-electron chi connectivity index (χ0n) is 17.5. The van der Waals surface area contributed by atoms with Gasteiger partial charge in [0.2, 0.25) is 0 Å². The Labute approximate surface area is 184 Å². The molecule has 5 rings (SSSR count). The monoisotopic (exact) mass is 441 g/mol. The summed E-state index contributed by atoms with van der Waals surface area (Å²) in [6, 6.07) is 5.59. The van der Waals surface area contributed by atoms with Gasteiger partial charge in [-0.1, -0.05) is 11.6 Å². The number of rotatable bonds is 2. The summed E-state index contributed by atoms with van der Waals surface area (Å²) >= 11 is 6.21. The molecule has 9 heteroatoms. The van der Waals surface area contributed by atoms with E-state index in [0.717, 1.165) is 60.1 Å². The molecule has 3 aromatic rings. The number of carbonyl (C=O) groups is 1. The number of fused-ring (bicyclic) bond motifs is 3. The highest BCUT2D eigenvalue weighted by Crippen LogP contribution is 2.41. The minimum Gasteiger partial charge on any atom is -0.465 e. The number of oxazole rings is 1. The van der Waals surface area contributed by atoms with Crippen molar-refractivity contribution >= 4 is 17.7 Å². The third kappa shape index (κ3) is 3.59. The minimum absolute atomic E-state index is 0.193. The first-order valence-corrected chi connectivity index (χ1v) is 10.9. The highest BCUT2D eigenvalue weighted by Gasteiger charge is 2.33. The van der Waals surface area contributed by atoms with Gasteiger partial charge in [0.15, 0.2) is 11.7 Å². The lowest BCUT2D eigenvalue weighted by Gasteiger charge is -2.26. The van der Waals surface area contributed by atoms with E-state index in [2.05, 4.69) is 15.2 Å². The predicted molar refractivity (Wildman–Crippen MR) is 114 cm³/mol. The maximum atomic E-state index is 11.7. The molecule has 31 heavy (non-hydrogen) atoms. The molecular weight excluding hydrogens is 418 g/mol. The van der Waals surface area contributed by atoms with Gasteiger partial charge in [-0.2, -0.15) is 0 Å². The standard InChI is InChI=1S/C22H24ClN5O3/c1-12-13(2)31-21(24-12)15-5-3-14(4-6-15)20-26-25-19-11-27(22(29)30)10-16-9-17(23)7-8-18(16)28(19)20/h7-9,14-15H,3-6,10-11H2,1-2H3,(H,29,30). The van der Waals surface area contributed by atoms with Crippen LogP contribution in [0.5, 0.6) is 0 Å². The topological polar surface area (TPSA) is 97.3 Å². The van der Waals surface area contributed by atoms with Gasteiger partial charge in [0.25, 0.3) is 0 Å². The van der Waals surface area contributed by atoms with Gasteiger partial charge in [-0.25, -0.2) is 9.78 Å². The lowest BCUT2D eigenvalue weighted by Crippen LogP contribution is -2.27. The fourth-order valence-corrected chi connectivity index (χ4v) is 4.89. The molecule has 0 saturated heterocycles. The second-order valence-electron chi connectivity index (χ2n) is 8.46. The summed E-state index contributed by atoms with van der Waals surface area (Å²) < 4.78 is 7.90. The summed E-state index contributed by atoms with van der Waals surface area (Å²) in [7, 11) is 0. The molecule has 0 bridgehead atoms. The van der Waals surface area contributed by atoms with Gasteiger partial charge in [-0.3, -0.25) is 9.47 Å². The molecule has 2 aliphatic rings. The summed E-state index contributed by atoms with van der Waals surface area (Å²) in [5, 5.41) is 19.1. The van der Waals surface area contributed by atoms with Crippen LogP contribution in [0.2, 0.25) is 5.02 Å². The van der Waals surface area contributed by atoms with Crippen LogP contribution < -0.4 is 0 Å². The van der Waals surface area contributed by atoms with Gasteiger partial charge >= 0.3 is 6.09 Å². The molecule has 2 aromatic heterocycles. The van der Waals surface area contributed by atoms with Gasteiger partial charge in [0.05, 0.1) is 24.5 Å². The van der Waals surface area contributed by atoms with Crippen molar-refractivity contribution in [1.82, 2.24) is 24.6 Å². The summed E-state index contributed by atoms with van der Waals surface area (Å²) in [4.78, 5) is 17.7. The molecule has 1 aromatic carbocycles. The third-order valence-corrected chi connectivity index (χ3v) is 6.72. The van der Waals surface area contributed by atoms with Crippen molar-refractivity contribution in [2.24, 2.45) is 0 Å². The molecule has 0 atom stereocenters. The molecule has 1 fully saturated rings. The van der Waals surface area contributed by atoms with Crippen LogP contribution in [0.4, 0.5) is 4.79 Å². The molecule has 0 unspecified atom stereocenters. The number of hydrogen-bond acceptors (Lipinski definition) is 5. The Hall–Kier alpha value is -2.87. The maximum Gasteiger partial charge on any atom is 0.408 e. The lowest BCUT2D eigenvalue weighted by molar-refractivity contribution is 0.139. The number of hydrogen-bond donors (Lipinski definition) is 1. The molecule has 1 N–H and O–H groups in total. The Bertz CT molecular complexity index is 1130. The molecule has 1 saturated carbocycles. The van der Waals surface area contributed by atoms with E-state index in [9.17, 15) is 9.90 Å². The number of benzene rings is 1. The average Bonchev–Trinajstić information content (AvgIpc) is 3.26. The average molecular weight is 442 g/mol. The Balaban J connectivity index is 1.46. The first-order chi connectivity index (χ1) is 14.9. The fraction of sp³-hybridized carbons (Fsp3) is 0.455. The zero-order valence-corrected chi connectivity index (χ0v) is 18.3. The number of amides is 1. The quantitative estimate of drug-likeness (QED) is 0.603. The highest BCUT2D eigenvalue weighted by molar-refractivity contribution is 6.30. The fourth-order valence-electron chi connectivity index (χ4n) is 4.70. The normalized spacial score (nSPS) is 20.8. The van der Waals surface area contributed by atoms with Gasteiger partial charge in [0.1, 0.15) is 11.6 Å². The second-order valence-corrected chi connectivity index (χ2v) is 8.90. The van der Waals surface area contributed by atoms with Gasteiger partial charge in [-0.15, -0.1) is 10.2 Å². The van der Waals surface area contributed by atoms with Crippen LogP contribution in [0, 0.1) is 13.8 Å². The van der Waals surface area contributed by atoms with Crippen molar-refractivity contribution < 1.29 is 14.3 Å². The smallest absolute Gasteiger partial charge is 0.408 e. The van der Waals surface area contributed by atoms with E-state index >= 15 is 0 Å². The summed E-state index contributed by atoms with van der Waals surface area (Å²) in [5.41, 5.74) is 2.72. The largest absolute Gasteiger partial charge is 0.465 e. The van der Waals surface area contributed by atoms with E-state index in [0.29, 0.717) is 16.8 Å². The molecule has 1 aliphatic carbocycles. The summed E-state index contributed by atoms with van der Waals surface area (Å²) in [6.45, 7) is 4.39. The number of aromatic nitrogens is 4. The Kier molecular flexibility index (Phi) is 4.97. The first kappa shape index (κ1) is 20.1. The number of halogens is 1. The predicted octanol–water partition coefficient (Wildman–Crippen LogP) is 4.96. The SMILES string of the molecule is Cc1nc(C2CCC(c3nnc4n3-c3ccc(Cl)cc3CN(C(=O)O)C4)CC2)oc1C. The van der Waals surface area contributed by atoms with Crippen molar-refractivity contribution in [1.29, 1.82) is 0 Å².